The second-order valence-electron chi connectivity index (χ2n) is 5.86. The van der Waals surface area contributed by atoms with Gasteiger partial charge in [-0.15, -0.1) is 0 Å². The van der Waals surface area contributed by atoms with Crippen molar-refractivity contribution in [3.8, 4) is 0 Å². The summed E-state index contributed by atoms with van der Waals surface area (Å²) in [5.41, 5.74) is 0. The van der Waals surface area contributed by atoms with Gasteiger partial charge in [0.05, 0.1) is 12.6 Å². The number of hydrogen-bond donors (Lipinski definition) is 1. The van der Waals surface area contributed by atoms with Crippen LogP contribution in [0.15, 0.2) is 0 Å². The number of hydrogen-bond acceptors (Lipinski definition) is 3. The van der Waals surface area contributed by atoms with Crippen molar-refractivity contribution in [2.75, 3.05) is 26.8 Å². The monoisotopic (exact) mass is 254 g/mol. The third kappa shape index (κ3) is 2.69. The van der Waals surface area contributed by atoms with Crippen molar-refractivity contribution < 1.29 is 9.53 Å². The fraction of sp³-hybridized carbons (Fsp3) is 0.929. The highest BCUT2D eigenvalue weighted by Crippen LogP contribution is 2.38. The van der Waals surface area contributed by atoms with Crippen LogP contribution in [0, 0.1) is 11.8 Å². The Balaban J connectivity index is 1.99. The Morgan fingerprint density at radius 1 is 1.44 bits per heavy atom. The molecule has 104 valence electrons. The van der Waals surface area contributed by atoms with Gasteiger partial charge in [0.15, 0.2) is 0 Å². The topological polar surface area (TPSA) is 41.6 Å². The molecule has 2 aliphatic rings. The van der Waals surface area contributed by atoms with E-state index in [2.05, 4.69) is 19.2 Å². The number of carbonyl (C=O) groups excluding carboxylic acids is 1. The van der Waals surface area contributed by atoms with Crippen LogP contribution < -0.4 is 5.32 Å². The first kappa shape index (κ1) is 13.8. The molecule has 0 radical (unpaired) electrons. The van der Waals surface area contributed by atoms with Gasteiger partial charge in [0.2, 0.25) is 5.91 Å². The van der Waals surface area contributed by atoms with Crippen molar-refractivity contribution in [2.24, 2.45) is 11.8 Å². The van der Waals surface area contributed by atoms with Gasteiger partial charge in [-0.2, -0.15) is 0 Å². The summed E-state index contributed by atoms with van der Waals surface area (Å²) in [4.78, 5) is 14.6. The van der Waals surface area contributed by atoms with Crippen molar-refractivity contribution in [1.82, 2.24) is 10.2 Å². The second kappa shape index (κ2) is 6.02. The number of rotatable bonds is 5. The fourth-order valence-corrected chi connectivity index (χ4v) is 3.45. The Hall–Kier alpha value is -0.610. The molecule has 1 heterocycles. The maximum Gasteiger partial charge on any atom is 0.240 e. The van der Waals surface area contributed by atoms with E-state index in [1.54, 1.807) is 7.11 Å². The van der Waals surface area contributed by atoms with Gasteiger partial charge in [-0.3, -0.25) is 4.79 Å². The Morgan fingerprint density at radius 2 is 2.22 bits per heavy atom. The van der Waals surface area contributed by atoms with Crippen molar-refractivity contribution in [3.63, 3.8) is 0 Å². The smallest absolute Gasteiger partial charge is 0.240 e. The van der Waals surface area contributed by atoms with E-state index >= 15 is 0 Å². The van der Waals surface area contributed by atoms with Crippen molar-refractivity contribution in [3.05, 3.63) is 0 Å². The van der Waals surface area contributed by atoms with Crippen LogP contribution in [-0.4, -0.2) is 49.7 Å². The van der Waals surface area contributed by atoms with E-state index < -0.39 is 0 Å². The molecule has 4 nitrogen and oxygen atoms in total. The van der Waals surface area contributed by atoms with Crippen LogP contribution in [0.2, 0.25) is 0 Å². The van der Waals surface area contributed by atoms with E-state index in [4.69, 9.17) is 4.74 Å². The summed E-state index contributed by atoms with van der Waals surface area (Å²) in [5, 5.41) is 3.44. The lowest BCUT2D eigenvalue weighted by atomic mass is 9.93. The molecule has 2 fully saturated rings. The summed E-state index contributed by atoms with van der Waals surface area (Å²) in [5.74, 6) is 1.58. The van der Waals surface area contributed by atoms with Gasteiger partial charge in [-0.25, -0.2) is 0 Å². The van der Waals surface area contributed by atoms with Gasteiger partial charge < -0.3 is 15.0 Å². The molecule has 0 aromatic rings. The minimum absolute atomic E-state index is 0.0526. The van der Waals surface area contributed by atoms with Gasteiger partial charge in [-0.1, -0.05) is 6.42 Å². The van der Waals surface area contributed by atoms with Crippen LogP contribution in [0.4, 0.5) is 0 Å². The quantitative estimate of drug-likeness (QED) is 0.803. The number of nitrogens with zero attached hydrogens (tertiary/aromatic N) is 1. The zero-order valence-electron chi connectivity index (χ0n) is 11.8. The summed E-state index contributed by atoms with van der Waals surface area (Å²) in [6.07, 6.45) is 3.80. The molecule has 1 amide bonds. The van der Waals surface area contributed by atoms with Crippen molar-refractivity contribution >= 4 is 5.91 Å². The third-order valence-electron chi connectivity index (χ3n) is 4.45. The van der Waals surface area contributed by atoms with E-state index in [1.807, 2.05) is 4.90 Å². The molecule has 18 heavy (non-hydrogen) atoms. The fourth-order valence-electron chi connectivity index (χ4n) is 3.45. The normalized spacial score (nSPS) is 30.8. The Kier molecular flexibility index (Phi) is 4.62. The minimum Gasteiger partial charge on any atom is -0.383 e. The van der Waals surface area contributed by atoms with Crippen LogP contribution in [0.25, 0.3) is 0 Å². The standard InChI is InChI=1S/C14H26N2O2/c1-10(2)16(7-8-18-3)14(17)13-12-6-4-5-11(12)9-15-13/h10-13,15H,4-9H2,1-3H3. The summed E-state index contributed by atoms with van der Waals surface area (Å²) in [7, 11) is 1.68. The average Bonchev–Trinajstić information content (AvgIpc) is 2.90. The molecule has 3 unspecified atom stereocenters. The molecule has 0 spiro atoms. The molecule has 4 heteroatoms. The lowest BCUT2D eigenvalue weighted by Crippen LogP contribution is -2.50. The van der Waals surface area contributed by atoms with E-state index in [0.717, 1.165) is 12.5 Å². The maximum absolute atomic E-state index is 12.6. The second-order valence-corrected chi connectivity index (χ2v) is 5.86. The molecule has 1 aliphatic carbocycles. The van der Waals surface area contributed by atoms with Crippen molar-refractivity contribution in [1.29, 1.82) is 0 Å². The molecule has 0 bridgehead atoms. The SMILES string of the molecule is COCCN(C(=O)C1NCC2CCCC21)C(C)C. The molecular weight excluding hydrogens is 228 g/mol. The van der Waals surface area contributed by atoms with E-state index in [1.165, 1.54) is 19.3 Å². The molecular formula is C14H26N2O2. The minimum atomic E-state index is 0.0526. The largest absolute Gasteiger partial charge is 0.383 e. The molecule has 1 saturated heterocycles. The zero-order chi connectivity index (χ0) is 13.1. The first-order chi connectivity index (χ1) is 8.65. The van der Waals surface area contributed by atoms with Crippen molar-refractivity contribution in [2.45, 2.75) is 45.2 Å². The number of amides is 1. The lowest BCUT2D eigenvalue weighted by molar-refractivity contribution is -0.136. The molecule has 0 aromatic heterocycles. The van der Waals surface area contributed by atoms with E-state index in [-0.39, 0.29) is 18.0 Å². The zero-order valence-corrected chi connectivity index (χ0v) is 11.8. The Bertz CT molecular complexity index is 294. The number of nitrogens with one attached hydrogen (secondary N) is 1. The molecule has 1 aliphatic heterocycles. The van der Waals surface area contributed by atoms with Gasteiger partial charge >= 0.3 is 0 Å². The third-order valence-corrected chi connectivity index (χ3v) is 4.45. The predicted molar refractivity (Wildman–Crippen MR) is 71.3 cm³/mol. The lowest BCUT2D eigenvalue weighted by Gasteiger charge is -2.31. The summed E-state index contributed by atoms with van der Waals surface area (Å²) >= 11 is 0. The molecule has 2 rings (SSSR count). The highest BCUT2D eigenvalue weighted by molar-refractivity contribution is 5.83. The molecule has 0 aromatic carbocycles. The van der Waals surface area contributed by atoms with Gasteiger partial charge in [0, 0.05) is 19.7 Å². The predicted octanol–water partition coefficient (Wildman–Crippen LogP) is 1.26. The number of ether oxygens (including phenoxy) is 1. The van der Waals surface area contributed by atoms with Crippen LogP contribution in [-0.2, 0) is 9.53 Å². The van der Waals surface area contributed by atoms with Crippen LogP contribution in [0.3, 0.4) is 0 Å². The van der Waals surface area contributed by atoms with Gasteiger partial charge in [0.1, 0.15) is 0 Å². The Morgan fingerprint density at radius 3 is 2.89 bits per heavy atom. The number of fused-ring (bicyclic) bond motifs is 1. The summed E-state index contributed by atoms with van der Waals surface area (Å²) in [6.45, 7) is 6.49. The van der Waals surface area contributed by atoms with Gasteiger partial charge in [-0.05, 0) is 45.1 Å². The number of carbonyl (C=O) groups is 1. The highest BCUT2D eigenvalue weighted by atomic mass is 16.5. The van der Waals surface area contributed by atoms with Gasteiger partial charge in [0.25, 0.3) is 0 Å². The van der Waals surface area contributed by atoms with Crippen LogP contribution in [0.1, 0.15) is 33.1 Å². The van der Waals surface area contributed by atoms with Crippen LogP contribution >= 0.6 is 0 Å². The molecule has 3 atom stereocenters. The summed E-state index contributed by atoms with van der Waals surface area (Å²) in [6, 6.07) is 0.298. The highest BCUT2D eigenvalue weighted by Gasteiger charge is 2.43. The number of methoxy groups -OCH3 is 1. The molecule has 1 N–H and O–H groups in total. The maximum atomic E-state index is 12.6. The molecule has 1 saturated carbocycles. The van der Waals surface area contributed by atoms with Crippen LogP contribution in [0.5, 0.6) is 0 Å². The van der Waals surface area contributed by atoms with E-state index in [0.29, 0.717) is 19.1 Å². The first-order valence-electron chi connectivity index (χ1n) is 7.18. The summed E-state index contributed by atoms with van der Waals surface area (Å²) < 4.78 is 5.11. The average molecular weight is 254 g/mol. The Labute approximate surface area is 110 Å². The first-order valence-corrected chi connectivity index (χ1v) is 7.18. The van der Waals surface area contributed by atoms with E-state index in [9.17, 15) is 4.79 Å².